The summed E-state index contributed by atoms with van der Waals surface area (Å²) in [5.41, 5.74) is 4.67. The number of hydrogen-bond acceptors (Lipinski definition) is 5. The lowest BCUT2D eigenvalue weighted by atomic mass is 10.0. The molecule has 1 aromatic rings. The molecule has 1 rings (SSSR count). The molecule has 6 nitrogen and oxygen atoms in total. The van der Waals surface area contributed by atoms with Crippen molar-refractivity contribution in [2.75, 3.05) is 5.75 Å². The smallest absolute Gasteiger partial charge is 0.269 e. The van der Waals surface area contributed by atoms with E-state index in [9.17, 15) is 14.9 Å². The number of nitro groups is 1. The van der Waals surface area contributed by atoms with Gasteiger partial charge in [-0.25, -0.2) is 0 Å². The SMILES string of the molecule is CC(C)NC(C)(CSc1ccc([N+](=O)[O-])cc1)C(N)=O. The van der Waals surface area contributed by atoms with E-state index in [1.54, 1.807) is 19.1 Å². The lowest BCUT2D eigenvalue weighted by Gasteiger charge is -2.29. The Morgan fingerprint density at radius 1 is 1.45 bits per heavy atom. The van der Waals surface area contributed by atoms with Gasteiger partial charge in [-0.3, -0.25) is 14.9 Å². The molecule has 0 radical (unpaired) electrons. The largest absolute Gasteiger partial charge is 0.368 e. The van der Waals surface area contributed by atoms with Crippen LogP contribution in [0.5, 0.6) is 0 Å². The summed E-state index contributed by atoms with van der Waals surface area (Å²) in [7, 11) is 0. The standard InChI is InChI=1S/C13H19N3O3S/c1-9(2)15-13(3,12(14)17)8-20-11-6-4-10(5-7-11)16(18)19/h4-7,9,15H,8H2,1-3H3,(H2,14,17). The van der Waals surface area contributed by atoms with Crippen molar-refractivity contribution in [1.82, 2.24) is 5.32 Å². The molecule has 1 aromatic carbocycles. The number of non-ortho nitro benzene ring substituents is 1. The second-order valence-electron chi connectivity index (χ2n) is 5.04. The summed E-state index contributed by atoms with van der Waals surface area (Å²) in [4.78, 5) is 22.6. The van der Waals surface area contributed by atoms with Crippen molar-refractivity contribution in [3.05, 3.63) is 34.4 Å². The summed E-state index contributed by atoms with van der Waals surface area (Å²) in [5, 5.41) is 13.7. The highest BCUT2D eigenvalue weighted by Crippen LogP contribution is 2.25. The number of carbonyl (C=O) groups excluding carboxylic acids is 1. The highest BCUT2D eigenvalue weighted by atomic mass is 32.2. The second kappa shape index (κ2) is 6.71. The number of hydrogen-bond donors (Lipinski definition) is 2. The van der Waals surface area contributed by atoms with E-state index in [4.69, 9.17) is 5.73 Å². The maximum atomic E-state index is 11.6. The van der Waals surface area contributed by atoms with Gasteiger partial charge in [-0.2, -0.15) is 0 Å². The van der Waals surface area contributed by atoms with Crippen LogP contribution in [0.3, 0.4) is 0 Å². The van der Waals surface area contributed by atoms with Gasteiger partial charge >= 0.3 is 0 Å². The van der Waals surface area contributed by atoms with Gasteiger partial charge in [-0.15, -0.1) is 11.8 Å². The molecule has 0 aliphatic carbocycles. The highest BCUT2D eigenvalue weighted by Gasteiger charge is 2.31. The van der Waals surface area contributed by atoms with E-state index in [1.807, 2.05) is 13.8 Å². The van der Waals surface area contributed by atoms with E-state index < -0.39 is 16.4 Å². The zero-order valence-corrected chi connectivity index (χ0v) is 12.6. The Balaban J connectivity index is 2.72. The number of carbonyl (C=O) groups is 1. The summed E-state index contributed by atoms with van der Waals surface area (Å²) >= 11 is 1.43. The lowest BCUT2D eigenvalue weighted by Crippen LogP contribution is -2.57. The molecular formula is C13H19N3O3S. The molecule has 3 N–H and O–H groups in total. The molecule has 110 valence electrons. The molecule has 0 heterocycles. The Hall–Kier alpha value is -1.60. The van der Waals surface area contributed by atoms with Gasteiger partial charge in [0.25, 0.3) is 5.69 Å². The number of primary amides is 1. The molecule has 1 atom stereocenters. The summed E-state index contributed by atoms with van der Waals surface area (Å²) in [6, 6.07) is 6.35. The Kier molecular flexibility index (Phi) is 5.52. The van der Waals surface area contributed by atoms with Crippen LogP contribution in [0.25, 0.3) is 0 Å². The molecule has 7 heteroatoms. The minimum absolute atomic E-state index is 0.0484. The molecule has 0 aromatic heterocycles. The first kappa shape index (κ1) is 16.5. The van der Waals surface area contributed by atoms with Crippen molar-refractivity contribution in [2.24, 2.45) is 5.73 Å². The number of nitrogens with two attached hydrogens (primary N) is 1. The van der Waals surface area contributed by atoms with E-state index in [-0.39, 0.29) is 11.7 Å². The van der Waals surface area contributed by atoms with Crippen LogP contribution in [0.1, 0.15) is 20.8 Å². The van der Waals surface area contributed by atoms with E-state index in [0.717, 1.165) is 4.90 Å². The van der Waals surface area contributed by atoms with Gasteiger partial charge in [0, 0.05) is 28.8 Å². The molecule has 0 bridgehead atoms. The van der Waals surface area contributed by atoms with Crippen LogP contribution in [-0.4, -0.2) is 28.2 Å². The highest BCUT2D eigenvalue weighted by molar-refractivity contribution is 7.99. The number of nitro benzene ring substituents is 1. The Morgan fingerprint density at radius 2 is 2.00 bits per heavy atom. The van der Waals surface area contributed by atoms with Crippen LogP contribution in [0, 0.1) is 10.1 Å². The zero-order valence-electron chi connectivity index (χ0n) is 11.8. The first-order valence-electron chi connectivity index (χ1n) is 6.19. The topological polar surface area (TPSA) is 98.3 Å². The normalized spacial score (nSPS) is 14.0. The number of rotatable bonds is 7. The van der Waals surface area contributed by atoms with Crippen LogP contribution in [0.15, 0.2) is 29.2 Å². The molecular weight excluding hydrogens is 278 g/mol. The zero-order chi connectivity index (χ0) is 15.3. The number of nitrogens with one attached hydrogen (secondary N) is 1. The van der Waals surface area contributed by atoms with Crippen molar-refractivity contribution >= 4 is 23.4 Å². The van der Waals surface area contributed by atoms with Crippen LogP contribution >= 0.6 is 11.8 Å². The van der Waals surface area contributed by atoms with Gasteiger partial charge in [-0.1, -0.05) is 0 Å². The quantitative estimate of drug-likeness (QED) is 0.455. The van der Waals surface area contributed by atoms with E-state index in [2.05, 4.69) is 5.32 Å². The van der Waals surface area contributed by atoms with Crippen molar-refractivity contribution in [2.45, 2.75) is 37.2 Å². The number of thioether (sulfide) groups is 1. The van der Waals surface area contributed by atoms with Crippen LogP contribution < -0.4 is 11.1 Å². The number of nitrogens with zero attached hydrogens (tertiary/aromatic N) is 1. The minimum Gasteiger partial charge on any atom is -0.368 e. The Bertz CT molecular complexity index is 490. The third kappa shape index (κ3) is 4.50. The fraction of sp³-hybridized carbons (Fsp3) is 0.462. The van der Waals surface area contributed by atoms with Gasteiger partial charge in [0.15, 0.2) is 0 Å². The third-order valence-electron chi connectivity index (χ3n) is 2.73. The minimum atomic E-state index is -0.819. The molecule has 0 saturated carbocycles. The Labute approximate surface area is 122 Å². The average molecular weight is 297 g/mol. The predicted octanol–water partition coefficient (Wildman–Crippen LogP) is 1.93. The van der Waals surface area contributed by atoms with E-state index in [0.29, 0.717) is 5.75 Å². The molecule has 0 spiro atoms. The molecule has 0 saturated heterocycles. The Morgan fingerprint density at radius 3 is 2.40 bits per heavy atom. The maximum Gasteiger partial charge on any atom is 0.269 e. The van der Waals surface area contributed by atoms with E-state index in [1.165, 1.54) is 23.9 Å². The first-order chi connectivity index (χ1) is 9.24. The fourth-order valence-electron chi connectivity index (χ4n) is 1.71. The van der Waals surface area contributed by atoms with Gasteiger partial charge < -0.3 is 11.1 Å². The summed E-state index contributed by atoms with van der Waals surface area (Å²) in [6.07, 6.45) is 0. The molecule has 0 aliphatic rings. The number of benzene rings is 1. The van der Waals surface area contributed by atoms with Crippen LogP contribution in [-0.2, 0) is 4.79 Å². The predicted molar refractivity (Wildman–Crippen MR) is 79.7 cm³/mol. The fourth-order valence-corrected chi connectivity index (χ4v) is 2.72. The van der Waals surface area contributed by atoms with Crippen molar-refractivity contribution < 1.29 is 9.72 Å². The monoisotopic (exact) mass is 297 g/mol. The molecule has 1 amide bonds. The van der Waals surface area contributed by atoms with Crippen molar-refractivity contribution in [3.8, 4) is 0 Å². The summed E-state index contributed by atoms with van der Waals surface area (Å²) < 4.78 is 0. The van der Waals surface area contributed by atoms with E-state index >= 15 is 0 Å². The molecule has 0 aliphatic heterocycles. The summed E-state index contributed by atoms with van der Waals surface area (Å²) in [6.45, 7) is 5.64. The van der Waals surface area contributed by atoms with Gasteiger partial charge in [0.05, 0.1) is 4.92 Å². The first-order valence-corrected chi connectivity index (χ1v) is 7.18. The second-order valence-corrected chi connectivity index (χ2v) is 6.08. The van der Waals surface area contributed by atoms with Gasteiger partial charge in [0.1, 0.15) is 5.54 Å². The summed E-state index contributed by atoms with van der Waals surface area (Å²) in [5.74, 6) is 0.0406. The van der Waals surface area contributed by atoms with Crippen molar-refractivity contribution in [1.29, 1.82) is 0 Å². The van der Waals surface area contributed by atoms with Crippen LogP contribution in [0.4, 0.5) is 5.69 Å². The molecule has 20 heavy (non-hydrogen) atoms. The van der Waals surface area contributed by atoms with Gasteiger partial charge in [0.2, 0.25) is 5.91 Å². The maximum absolute atomic E-state index is 11.6. The lowest BCUT2D eigenvalue weighted by molar-refractivity contribution is -0.384. The molecule has 0 fully saturated rings. The molecule has 1 unspecified atom stereocenters. The average Bonchev–Trinajstić information content (AvgIpc) is 2.36. The van der Waals surface area contributed by atoms with Crippen molar-refractivity contribution in [3.63, 3.8) is 0 Å². The van der Waals surface area contributed by atoms with Gasteiger partial charge in [-0.05, 0) is 32.9 Å². The third-order valence-corrected chi connectivity index (χ3v) is 4.05. The number of amides is 1. The van der Waals surface area contributed by atoms with Crippen LogP contribution in [0.2, 0.25) is 0 Å².